The summed E-state index contributed by atoms with van der Waals surface area (Å²) < 4.78 is 7.25. The number of aryl methyl sites for hydroxylation is 1. The Hall–Kier alpha value is -3.65. The molecule has 32 heavy (non-hydrogen) atoms. The maximum Gasteiger partial charge on any atom is 0.262 e. The molecule has 1 N–H and O–H groups in total. The Morgan fingerprint density at radius 1 is 1.16 bits per heavy atom. The predicted molar refractivity (Wildman–Crippen MR) is 122 cm³/mol. The number of benzene rings is 2. The van der Waals surface area contributed by atoms with Crippen molar-refractivity contribution in [2.24, 2.45) is 0 Å². The first-order valence-corrected chi connectivity index (χ1v) is 10.5. The van der Waals surface area contributed by atoms with Crippen LogP contribution in [0.1, 0.15) is 12.2 Å². The molecule has 0 aliphatic heterocycles. The van der Waals surface area contributed by atoms with Crippen LogP contribution in [0, 0.1) is 0 Å². The van der Waals surface area contributed by atoms with E-state index in [4.69, 9.17) is 16.3 Å². The molecule has 2 aromatic heterocycles. The van der Waals surface area contributed by atoms with Gasteiger partial charge in [0.15, 0.2) is 5.65 Å². The van der Waals surface area contributed by atoms with E-state index >= 15 is 0 Å². The number of H-pyrrole nitrogens is 1. The van der Waals surface area contributed by atoms with Gasteiger partial charge in [0.2, 0.25) is 5.91 Å². The zero-order valence-electron chi connectivity index (χ0n) is 17.5. The Balaban J connectivity index is 1.37. The van der Waals surface area contributed by atoms with Gasteiger partial charge in [0, 0.05) is 24.9 Å². The highest BCUT2D eigenvalue weighted by atomic mass is 35.5. The molecule has 0 atom stereocenters. The van der Waals surface area contributed by atoms with Crippen LogP contribution in [0.3, 0.4) is 0 Å². The Bertz CT molecular complexity index is 1270. The fourth-order valence-electron chi connectivity index (χ4n) is 3.21. The van der Waals surface area contributed by atoms with Gasteiger partial charge in [-0.25, -0.2) is 9.67 Å². The minimum Gasteiger partial charge on any atom is -0.492 e. The molecule has 0 saturated carbocycles. The van der Waals surface area contributed by atoms with E-state index in [1.807, 2.05) is 30.3 Å². The number of amides is 1. The summed E-state index contributed by atoms with van der Waals surface area (Å²) >= 11 is 5.86. The monoisotopic (exact) mass is 451 g/mol. The van der Waals surface area contributed by atoms with E-state index in [2.05, 4.69) is 15.1 Å². The Labute approximate surface area is 189 Å². The van der Waals surface area contributed by atoms with Crippen LogP contribution in [0.2, 0.25) is 5.02 Å². The van der Waals surface area contributed by atoms with Gasteiger partial charge in [-0.05, 0) is 36.4 Å². The summed E-state index contributed by atoms with van der Waals surface area (Å²) in [5, 5.41) is 5.34. The van der Waals surface area contributed by atoms with E-state index in [1.54, 1.807) is 40.9 Å². The number of rotatable bonds is 8. The first-order chi connectivity index (χ1) is 15.5. The van der Waals surface area contributed by atoms with Crippen LogP contribution in [0.25, 0.3) is 16.7 Å². The molecule has 0 radical (unpaired) electrons. The molecule has 1 amide bonds. The number of nitrogens with zero attached hydrogens (tertiary/aromatic N) is 4. The van der Waals surface area contributed by atoms with E-state index in [1.165, 1.54) is 6.20 Å². The van der Waals surface area contributed by atoms with E-state index in [9.17, 15) is 9.59 Å². The highest BCUT2D eigenvalue weighted by molar-refractivity contribution is 6.30. The highest BCUT2D eigenvalue weighted by Crippen LogP contribution is 2.16. The lowest BCUT2D eigenvalue weighted by Crippen LogP contribution is -2.31. The molecule has 4 rings (SSSR count). The van der Waals surface area contributed by atoms with Crippen LogP contribution >= 0.6 is 11.6 Å². The van der Waals surface area contributed by atoms with Crippen molar-refractivity contribution in [3.8, 4) is 11.4 Å². The number of halogens is 1. The molecule has 0 bridgehead atoms. The third-order valence-electron chi connectivity index (χ3n) is 5.00. The highest BCUT2D eigenvalue weighted by Gasteiger charge is 2.14. The molecular weight excluding hydrogens is 430 g/mol. The van der Waals surface area contributed by atoms with Gasteiger partial charge < -0.3 is 14.6 Å². The van der Waals surface area contributed by atoms with Gasteiger partial charge in [0.05, 0.1) is 18.4 Å². The molecule has 0 aliphatic rings. The number of aromatic amines is 1. The predicted octanol–water partition coefficient (Wildman–Crippen LogP) is 3.23. The van der Waals surface area contributed by atoms with Crippen LogP contribution < -0.4 is 10.3 Å². The number of carbonyl (C=O) groups is 1. The summed E-state index contributed by atoms with van der Waals surface area (Å²) in [7, 11) is 1.72. The SMILES string of the molecule is CN(CCOc1ccc(Cl)cc1)C(=O)CCc1nc2c(cnn2-c2ccccc2)c(=O)[nH]1. The van der Waals surface area contributed by atoms with E-state index in [0.29, 0.717) is 47.2 Å². The fourth-order valence-corrected chi connectivity index (χ4v) is 3.34. The number of ether oxygens (including phenoxy) is 1. The minimum atomic E-state index is -0.274. The van der Waals surface area contributed by atoms with Gasteiger partial charge in [-0.2, -0.15) is 5.10 Å². The van der Waals surface area contributed by atoms with E-state index in [0.717, 1.165) is 5.69 Å². The Morgan fingerprint density at radius 3 is 2.66 bits per heavy atom. The van der Waals surface area contributed by atoms with Gasteiger partial charge in [-0.1, -0.05) is 29.8 Å². The van der Waals surface area contributed by atoms with E-state index in [-0.39, 0.29) is 17.9 Å². The van der Waals surface area contributed by atoms with Crippen LogP contribution in [0.15, 0.2) is 65.6 Å². The summed E-state index contributed by atoms with van der Waals surface area (Å²) in [6.45, 7) is 0.798. The Kier molecular flexibility index (Phi) is 6.51. The lowest BCUT2D eigenvalue weighted by Gasteiger charge is -2.17. The summed E-state index contributed by atoms with van der Waals surface area (Å²) in [5.74, 6) is 1.07. The lowest BCUT2D eigenvalue weighted by molar-refractivity contribution is -0.130. The number of para-hydroxylation sites is 1. The van der Waals surface area contributed by atoms with Crippen LogP contribution in [0.5, 0.6) is 5.75 Å². The van der Waals surface area contributed by atoms with Gasteiger partial charge in [0.1, 0.15) is 23.6 Å². The lowest BCUT2D eigenvalue weighted by atomic mass is 10.2. The van der Waals surface area contributed by atoms with Crippen molar-refractivity contribution < 1.29 is 9.53 Å². The van der Waals surface area contributed by atoms with Crippen molar-refractivity contribution in [1.29, 1.82) is 0 Å². The summed E-state index contributed by atoms with van der Waals surface area (Å²) in [5.41, 5.74) is 1.000. The van der Waals surface area contributed by atoms with Crippen molar-refractivity contribution in [3.63, 3.8) is 0 Å². The number of likely N-dealkylation sites (N-methyl/N-ethyl adjacent to an activating group) is 1. The molecule has 0 aliphatic carbocycles. The molecule has 9 heteroatoms. The second kappa shape index (κ2) is 9.65. The van der Waals surface area contributed by atoms with Gasteiger partial charge in [0.25, 0.3) is 5.56 Å². The maximum absolute atomic E-state index is 12.5. The van der Waals surface area contributed by atoms with Crippen LogP contribution in [-0.4, -0.2) is 50.8 Å². The normalized spacial score (nSPS) is 10.9. The molecular formula is C23H22ClN5O3. The quantitative estimate of drug-likeness (QED) is 0.444. The van der Waals surface area contributed by atoms with Crippen LogP contribution in [0.4, 0.5) is 0 Å². The molecule has 0 fully saturated rings. The zero-order chi connectivity index (χ0) is 22.5. The topological polar surface area (TPSA) is 93.1 Å². The van der Waals surface area contributed by atoms with Gasteiger partial charge >= 0.3 is 0 Å². The number of fused-ring (bicyclic) bond motifs is 1. The molecule has 164 valence electrons. The van der Waals surface area contributed by atoms with Crippen molar-refractivity contribution in [2.45, 2.75) is 12.8 Å². The maximum atomic E-state index is 12.5. The smallest absolute Gasteiger partial charge is 0.262 e. The third kappa shape index (κ3) is 4.97. The average molecular weight is 452 g/mol. The number of nitrogens with one attached hydrogen (secondary N) is 1. The Morgan fingerprint density at radius 2 is 1.91 bits per heavy atom. The van der Waals surface area contributed by atoms with Crippen molar-refractivity contribution in [1.82, 2.24) is 24.6 Å². The van der Waals surface area contributed by atoms with Crippen molar-refractivity contribution in [2.75, 3.05) is 20.2 Å². The molecule has 0 unspecified atom stereocenters. The van der Waals surface area contributed by atoms with E-state index < -0.39 is 0 Å². The van der Waals surface area contributed by atoms with Crippen molar-refractivity contribution >= 4 is 28.5 Å². The number of hydrogen-bond acceptors (Lipinski definition) is 5. The van der Waals surface area contributed by atoms with Gasteiger partial charge in [-0.3, -0.25) is 9.59 Å². The fraction of sp³-hybridized carbons (Fsp3) is 0.217. The second-order valence-electron chi connectivity index (χ2n) is 7.26. The van der Waals surface area contributed by atoms with Crippen molar-refractivity contribution in [3.05, 3.63) is 82.0 Å². The first-order valence-electron chi connectivity index (χ1n) is 10.2. The average Bonchev–Trinajstić information content (AvgIpc) is 3.24. The standard InChI is InChI=1S/C23H22ClN5O3/c1-28(13-14-32-18-9-7-16(24)8-10-18)21(30)12-11-20-26-22-19(23(31)27-20)15-25-29(22)17-5-3-2-4-6-17/h2-10,15H,11-14H2,1H3,(H,26,27,31). The largest absolute Gasteiger partial charge is 0.492 e. The van der Waals surface area contributed by atoms with Crippen LogP contribution in [-0.2, 0) is 11.2 Å². The molecule has 8 nitrogen and oxygen atoms in total. The molecule has 2 heterocycles. The zero-order valence-corrected chi connectivity index (χ0v) is 18.2. The minimum absolute atomic E-state index is 0.0657. The summed E-state index contributed by atoms with van der Waals surface area (Å²) in [4.78, 5) is 33.9. The number of hydrogen-bond donors (Lipinski definition) is 1. The number of aromatic nitrogens is 4. The van der Waals surface area contributed by atoms with Gasteiger partial charge in [-0.15, -0.1) is 0 Å². The molecule has 4 aromatic rings. The molecule has 2 aromatic carbocycles. The first kappa shape index (κ1) is 21.6. The third-order valence-corrected chi connectivity index (χ3v) is 5.25. The molecule has 0 saturated heterocycles. The second-order valence-corrected chi connectivity index (χ2v) is 7.70. The number of carbonyl (C=O) groups excluding carboxylic acids is 1. The summed E-state index contributed by atoms with van der Waals surface area (Å²) in [6, 6.07) is 16.5. The molecule has 0 spiro atoms. The summed E-state index contributed by atoms with van der Waals surface area (Å²) in [6.07, 6.45) is 2.02.